The van der Waals surface area contributed by atoms with Gasteiger partial charge < -0.3 is 24.1 Å². The predicted octanol–water partition coefficient (Wildman–Crippen LogP) is 4.79. The highest BCUT2D eigenvalue weighted by Gasteiger charge is 2.21. The lowest BCUT2D eigenvalue weighted by Crippen LogP contribution is -2.36. The van der Waals surface area contributed by atoms with Crippen LogP contribution in [-0.4, -0.2) is 42.5 Å². The van der Waals surface area contributed by atoms with Crippen molar-refractivity contribution in [1.82, 2.24) is 10.3 Å². The summed E-state index contributed by atoms with van der Waals surface area (Å²) in [6.07, 6.45) is 0. The van der Waals surface area contributed by atoms with Crippen LogP contribution in [0.25, 0.3) is 11.0 Å². The minimum atomic E-state index is -0.436. The molecule has 11 heteroatoms. The van der Waals surface area contributed by atoms with Crippen molar-refractivity contribution in [2.45, 2.75) is 6.61 Å². The second-order valence-corrected chi connectivity index (χ2v) is 8.12. The maximum atomic E-state index is 12.8. The maximum absolute atomic E-state index is 12.8. The van der Waals surface area contributed by atoms with Crippen molar-refractivity contribution in [3.63, 3.8) is 0 Å². The van der Waals surface area contributed by atoms with Crippen LogP contribution in [0.1, 0.15) is 16.3 Å². The molecule has 2 aromatic carbocycles. The van der Waals surface area contributed by atoms with Gasteiger partial charge in [0.05, 0.1) is 29.6 Å². The minimum Gasteiger partial charge on any atom is -0.484 e. The number of rotatable bonds is 6. The Kier molecular flexibility index (Phi) is 6.08. The largest absolute Gasteiger partial charge is 0.484 e. The van der Waals surface area contributed by atoms with Crippen LogP contribution in [0, 0.1) is 0 Å². The number of halogens is 2. The summed E-state index contributed by atoms with van der Waals surface area (Å²) in [7, 11) is 0. The van der Waals surface area contributed by atoms with E-state index in [9.17, 15) is 4.79 Å². The number of nitrogens with one attached hydrogen (secondary N) is 1. The van der Waals surface area contributed by atoms with E-state index in [1.165, 1.54) is 0 Å². The van der Waals surface area contributed by atoms with Crippen molar-refractivity contribution >= 4 is 51.5 Å². The van der Waals surface area contributed by atoms with Crippen LogP contribution in [0.3, 0.4) is 0 Å². The van der Waals surface area contributed by atoms with Crippen LogP contribution in [0.5, 0.6) is 5.75 Å². The molecule has 1 aliphatic heterocycles. The van der Waals surface area contributed by atoms with Crippen molar-refractivity contribution < 1.29 is 23.3 Å². The van der Waals surface area contributed by atoms with E-state index in [4.69, 9.17) is 41.7 Å². The van der Waals surface area contributed by atoms with Gasteiger partial charge in [-0.2, -0.15) is 0 Å². The lowest BCUT2D eigenvalue weighted by molar-refractivity contribution is 0.0992. The van der Waals surface area contributed by atoms with Gasteiger partial charge in [0.15, 0.2) is 16.8 Å². The lowest BCUT2D eigenvalue weighted by atomic mass is 10.2. The molecule has 0 radical (unpaired) electrons. The molecule has 5 rings (SSSR count). The summed E-state index contributed by atoms with van der Waals surface area (Å²) in [5.74, 6) is 0.610. The second kappa shape index (κ2) is 9.30. The predicted molar refractivity (Wildman–Crippen MR) is 122 cm³/mol. The van der Waals surface area contributed by atoms with Gasteiger partial charge in [-0.3, -0.25) is 4.79 Å². The third-order valence-electron chi connectivity index (χ3n) is 5.14. The summed E-state index contributed by atoms with van der Waals surface area (Å²) in [6.45, 7) is 2.86. The van der Waals surface area contributed by atoms with Gasteiger partial charge in [0.1, 0.15) is 18.1 Å². The third-order valence-corrected chi connectivity index (χ3v) is 5.67. The molecule has 0 bridgehead atoms. The first-order valence-corrected chi connectivity index (χ1v) is 10.9. The summed E-state index contributed by atoms with van der Waals surface area (Å²) in [5, 5.41) is 11.7. The van der Waals surface area contributed by atoms with Gasteiger partial charge in [-0.15, -0.1) is 0 Å². The Morgan fingerprint density at radius 2 is 1.88 bits per heavy atom. The first-order chi connectivity index (χ1) is 16.1. The average molecular weight is 489 g/mol. The van der Waals surface area contributed by atoms with E-state index in [1.54, 1.807) is 36.4 Å². The number of benzene rings is 2. The van der Waals surface area contributed by atoms with E-state index >= 15 is 0 Å². The highest BCUT2D eigenvalue weighted by molar-refractivity contribution is 6.35. The van der Waals surface area contributed by atoms with Crippen LogP contribution in [0.15, 0.2) is 51.5 Å². The van der Waals surface area contributed by atoms with Crippen LogP contribution >= 0.6 is 23.2 Å². The van der Waals surface area contributed by atoms with Crippen LogP contribution in [0.4, 0.5) is 11.4 Å². The van der Waals surface area contributed by atoms with Gasteiger partial charge in [0.2, 0.25) is 0 Å². The van der Waals surface area contributed by atoms with E-state index < -0.39 is 5.91 Å². The highest BCUT2D eigenvalue weighted by atomic mass is 35.5. The van der Waals surface area contributed by atoms with Crippen LogP contribution in [-0.2, 0) is 11.3 Å². The Labute approximate surface area is 198 Å². The van der Waals surface area contributed by atoms with Crippen molar-refractivity contribution in [1.29, 1.82) is 0 Å². The number of aromatic nitrogens is 2. The molecule has 0 spiro atoms. The Balaban J connectivity index is 1.28. The summed E-state index contributed by atoms with van der Waals surface area (Å²) < 4.78 is 21.6. The van der Waals surface area contributed by atoms with E-state index in [1.807, 2.05) is 6.07 Å². The molecule has 9 nitrogen and oxygen atoms in total. The lowest BCUT2D eigenvalue weighted by Gasteiger charge is -2.28. The Bertz CT molecular complexity index is 1300. The SMILES string of the molecule is O=C(Nc1ccc(N2CCOCC2)c2nonc12)c1ccc(COc2ccc(Cl)cc2Cl)o1. The van der Waals surface area contributed by atoms with Gasteiger partial charge in [-0.05, 0) is 52.8 Å². The van der Waals surface area contributed by atoms with E-state index in [0.29, 0.717) is 51.5 Å². The van der Waals surface area contributed by atoms with Gasteiger partial charge in [0, 0.05) is 18.1 Å². The molecule has 0 saturated carbocycles. The molecule has 0 aliphatic carbocycles. The zero-order chi connectivity index (χ0) is 22.8. The summed E-state index contributed by atoms with van der Waals surface area (Å²) in [4.78, 5) is 14.9. The monoisotopic (exact) mass is 488 g/mol. The fraction of sp³-hybridized carbons (Fsp3) is 0.227. The number of amides is 1. The molecule has 1 aliphatic rings. The van der Waals surface area contributed by atoms with E-state index in [2.05, 4.69) is 20.5 Å². The van der Waals surface area contributed by atoms with Gasteiger partial charge >= 0.3 is 0 Å². The van der Waals surface area contributed by atoms with Crippen molar-refractivity contribution in [3.05, 3.63) is 64.0 Å². The quantitative estimate of drug-likeness (QED) is 0.413. The summed E-state index contributed by atoms with van der Waals surface area (Å²) in [5.41, 5.74) is 2.38. The fourth-order valence-electron chi connectivity index (χ4n) is 3.52. The molecule has 0 atom stereocenters. The summed E-state index contributed by atoms with van der Waals surface area (Å²) in [6, 6.07) is 11.8. The fourth-order valence-corrected chi connectivity index (χ4v) is 3.98. The molecule has 1 fully saturated rings. The zero-order valence-electron chi connectivity index (χ0n) is 17.2. The van der Waals surface area contributed by atoms with E-state index in [0.717, 1.165) is 18.8 Å². The van der Waals surface area contributed by atoms with E-state index in [-0.39, 0.29) is 12.4 Å². The summed E-state index contributed by atoms with van der Waals surface area (Å²) >= 11 is 12.0. The molecule has 0 unspecified atom stereocenters. The minimum absolute atomic E-state index is 0.0975. The van der Waals surface area contributed by atoms with Crippen LogP contribution < -0.4 is 15.0 Å². The standard InChI is InChI=1S/C22H18Cl2N4O5/c23-13-1-5-18(15(24)11-13)31-12-14-2-6-19(32-14)22(29)25-16-3-4-17(21-20(16)26-33-27-21)28-7-9-30-10-8-28/h1-6,11H,7-10,12H2,(H,25,29). The number of ether oxygens (including phenoxy) is 2. The molecule has 3 heterocycles. The number of nitrogens with zero attached hydrogens (tertiary/aromatic N) is 3. The molecular weight excluding hydrogens is 471 g/mol. The number of hydrogen-bond acceptors (Lipinski definition) is 8. The Hall–Kier alpha value is -3.27. The molecule has 2 aromatic heterocycles. The second-order valence-electron chi connectivity index (χ2n) is 7.28. The number of carbonyl (C=O) groups is 1. The average Bonchev–Trinajstić information content (AvgIpc) is 3.50. The molecule has 170 valence electrons. The van der Waals surface area contributed by atoms with Crippen molar-refractivity contribution in [2.24, 2.45) is 0 Å². The molecule has 1 amide bonds. The molecule has 1 N–H and O–H groups in total. The Morgan fingerprint density at radius 3 is 2.70 bits per heavy atom. The van der Waals surface area contributed by atoms with Crippen molar-refractivity contribution in [2.75, 3.05) is 36.5 Å². The zero-order valence-corrected chi connectivity index (χ0v) is 18.7. The number of furan rings is 1. The molecule has 33 heavy (non-hydrogen) atoms. The molecule has 1 saturated heterocycles. The highest BCUT2D eigenvalue weighted by Crippen LogP contribution is 2.31. The van der Waals surface area contributed by atoms with Gasteiger partial charge in [0.25, 0.3) is 5.91 Å². The number of morpholine rings is 1. The molecule has 4 aromatic rings. The smallest absolute Gasteiger partial charge is 0.291 e. The van der Waals surface area contributed by atoms with Gasteiger partial charge in [-0.1, -0.05) is 23.2 Å². The topological polar surface area (TPSA) is 103 Å². The number of fused-ring (bicyclic) bond motifs is 1. The Morgan fingerprint density at radius 1 is 1.06 bits per heavy atom. The van der Waals surface area contributed by atoms with Crippen LogP contribution in [0.2, 0.25) is 10.0 Å². The number of hydrogen-bond donors (Lipinski definition) is 1. The first kappa shape index (κ1) is 21.6. The third kappa shape index (κ3) is 4.61. The normalized spacial score (nSPS) is 13.9. The van der Waals surface area contributed by atoms with Crippen molar-refractivity contribution in [3.8, 4) is 5.75 Å². The maximum Gasteiger partial charge on any atom is 0.291 e. The number of carbonyl (C=O) groups excluding carboxylic acids is 1. The molecular formula is C22H18Cl2N4O5. The first-order valence-electron chi connectivity index (χ1n) is 10.1. The number of anilines is 2. The van der Waals surface area contributed by atoms with Gasteiger partial charge in [-0.25, -0.2) is 4.63 Å².